The van der Waals surface area contributed by atoms with Crippen molar-refractivity contribution >= 4 is 35.1 Å². The summed E-state index contributed by atoms with van der Waals surface area (Å²) < 4.78 is 18.5. The van der Waals surface area contributed by atoms with Gasteiger partial charge in [-0.05, 0) is 53.6 Å². The summed E-state index contributed by atoms with van der Waals surface area (Å²) in [5.41, 5.74) is 3.26. The third-order valence-corrected chi connectivity index (χ3v) is 6.77. The molecular weight excluding hydrogens is 517 g/mol. The molecule has 40 heavy (non-hydrogen) atoms. The molecule has 4 N–H and O–H groups in total. The number of hydrogen-bond donors (Lipinski definition) is 4. The number of amides is 2. The quantitative estimate of drug-likeness (QED) is 0.338. The molecule has 0 saturated carbocycles. The van der Waals surface area contributed by atoms with Gasteiger partial charge in [0.05, 0.1) is 32.7 Å². The average molecular weight is 546 g/mol. The van der Waals surface area contributed by atoms with E-state index in [1.165, 1.54) is 4.90 Å². The monoisotopic (exact) mass is 545 g/mol. The molecule has 10 nitrogen and oxygen atoms in total. The van der Waals surface area contributed by atoms with Gasteiger partial charge >= 0.3 is 5.97 Å². The Morgan fingerprint density at radius 2 is 1.95 bits per heavy atom. The van der Waals surface area contributed by atoms with Crippen molar-refractivity contribution in [2.24, 2.45) is 4.99 Å². The topological polar surface area (TPSA) is 132 Å². The maximum Gasteiger partial charge on any atom is 0.305 e. The summed E-state index contributed by atoms with van der Waals surface area (Å²) in [6.45, 7) is 0.486. The summed E-state index contributed by atoms with van der Waals surface area (Å²) in [7, 11) is 1.54. The van der Waals surface area contributed by atoms with E-state index in [1.54, 1.807) is 73.8 Å². The average Bonchev–Trinajstić information content (AvgIpc) is 3.28. The number of anilines is 2. The number of benzene rings is 3. The van der Waals surface area contributed by atoms with E-state index in [1.807, 2.05) is 0 Å². The molecule has 2 heterocycles. The first-order chi connectivity index (χ1) is 19.3. The first kappa shape index (κ1) is 26.7. The van der Waals surface area contributed by atoms with Gasteiger partial charge in [-0.15, -0.1) is 0 Å². The van der Waals surface area contributed by atoms with Crippen LogP contribution >= 0.6 is 0 Å². The molecule has 2 aliphatic heterocycles. The van der Waals surface area contributed by atoms with Gasteiger partial charge in [0.15, 0.2) is 5.96 Å². The molecule has 0 radical (unpaired) electrons. The highest BCUT2D eigenvalue weighted by atomic mass is 19.1. The van der Waals surface area contributed by atoms with Gasteiger partial charge in [-0.2, -0.15) is 0 Å². The summed E-state index contributed by atoms with van der Waals surface area (Å²) in [6, 6.07) is 18.2. The maximum atomic E-state index is 13.4. The van der Waals surface area contributed by atoms with Crippen molar-refractivity contribution in [2.45, 2.75) is 25.2 Å². The minimum atomic E-state index is -1.03. The molecule has 2 unspecified atom stereocenters. The van der Waals surface area contributed by atoms with Crippen molar-refractivity contribution in [3.8, 4) is 5.75 Å². The van der Waals surface area contributed by atoms with Gasteiger partial charge in [0.1, 0.15) is 11.9 Å². The van der Waals surface area contributed by atoms with Gasteiger partial charge in [0, 0.05) is 29.0 Å². The Balaban J connectivity index is 1.30. The van der Waals surface area contributed by atoms with Crippen LogP contribution in [0.25, 0.3) is 0 Å². The van der Waals surface area contributed by atoms with Crippen LogP contribution in [0, 0.1) is 0 Å². The van der Waals surface area contributed by atoms with Gasteiger partial charge < -0.3 is 30.7 Å². The number of fused-ring (bicyclic) bond motifs is 1. The van der Waals surface area contributed by atoms with Gasteiger partial charge in [0.2, 0.25) is 0 Å². The Labute approximate surface area is 229 Å². The number of hydrogen-bond acceptors (Lipinski definition) is 7. The Kier molecular flexibility index (Phi) is 7.63. The smallest absolute Gasteiger partial charge is 0.305 e. The Bertz CT molecular complexity index is 1480. The summed E-state index contributed by atoms with van der Waals surface area (Å²) in [5, 5.41) is 18.3. The molecule has 0 bridgehead atoms. The van der Waals surface area contributed by atoms with Gasteiger partial charge in [-0.25, -0.2) is 9.38 Å². The normalized spacial score (nSPS) is 16.9. The number of carbonyl (C=O) groups excluding carboxylic acids is 2. The van der Waals surface area contributed by atoms with Crippen LogP contribution in [0.4, 0.5) is 15.8 Å². The summed E-state index contributed by atoms with van der Waals surface area (Å²) >= 11 is 0. The zero-order valence-electron chi connectivity index (χ0n) is 21.7. The van der Waals surface area contributed by atoms with E-state index in [9.17, 15) is 23.9 Å². The zero-order chi connectivity index (χ0) is 28.2. The number of methoxy groups -OCH3 is 1. The van der Waals surface area contributed by atoms with Crippen LogP contribution in [-0.2, 0) is 11.3 Å². The van der Waals surface area contributed by atoms with E-state index in [0.717, 1.165) is 5.56 Å². The summed E-state index contributed by atoms with van der Waals surface area (Å²) in [5.74, 6) is -0.646. The number of carboxylic acids is 1. The summed E-state index contributed by atoms with van der Waals surface area (Å²) in [6.07, 6.45) is -1.28. The minimum absolute atomic E-state index is 0.0706. The fourth-order valence-electron chi connectivity index (χ4n) is 4.73. The molecule has 2 aliphatic rings. The van der Waals surface area contributed by atoms with Crippen LogP contribution in [-0.4, -0.2) is 60.1 Å². The lowest BCUT2D eigenvalue weighted by Gasteiger charge is -2.27. The second-order valence-electron chi connectivity index (χ2n) is 9.52. The van der Waals surface area contributed by atoms with Crippen LogP contribution < -0.4 is 20.7 Å². The highest BCUT2D eigenvalue weighted by Crippen LogP contribution is 2.35. The van der Waals surface area contributed by atoms with Gasteiger partial charge in [-0.3, -0.25) is 14.4 Å². The predicted molar refractivity (Wildman–Crippen MR) is 148 cm³/mol. The van der Waals surface area contributed by atoms with Crippen LogP contribution in [0.15, 0.2) is 71.7 Å². The van der Waals surface area contributed by atoms with Crippen LogP contribution in [0.3, 0.4) is 0 Å². The first-order valence-electron chi connectivity index (χ1n) is 12.7. The van der Waals surface area contributed by atoms with Crippen molar-refractivity contribution in [3.63, 3.8) is 0 Å². The molecule has 2 amide bonds. The number of halogens is 1. The van der Waals surface area contributed by atoms with Crippen molar-refractivity contribution in [1.82, 2.24) is 10.2 Å². The van der Waals surface area contributed by atoms with E-state index in [-0.39, 0.29) is 37.9 Å². The van der Waals surface area contributed by atoms with Crippen molar-refractivity contribution in [3.05, 3.63) is 89.0 Å². The van der Waals surface area contributed by atoms with Crippen LogP contribution in [0.5, 0.6) is 5.75 Å². The molecule has 5 rings (SSSR count). The van der Waals surface area contributed by atoms with E-state index in [4.69, 9.17) is 4.74 Å². The Hall–Kier alpha value is -4.93. The summed E-state index contributed by atoms with van der Waals surface area (Å²) in [4.78, 5) is 43.7. The lowest BCUT2D eigenvalue weighted by atomic mass is 10.0. The number of rotatable bonds is 8. The molecule has 11 heteroatoms. The lowest BCUT2D eigenvalue weighted by molar-refractivity contribution is -0.138. The molecule has 0 aromatic heterocycles. The molecular formula is C29H28FN5O5. The lowest BCUT2D eigenvalue weighted by Crippen LogP contribution is -2.40. The molecule has 3 aromatic rings. The fraction of sp³-hybridized carbons (Fsp3) is 0.241. The standard InChI is InChI=1S/C29H28FN5O5/c1-40-23-9-6-17(7-10-23)25(13-26(36)37)35-16-19-5-8-22(12-24(19)28(35)39)33-27(38)18-3-2-4-21(11-18)34-29-31-14-20(30)15-32-29/h2-12,20,25H,13-16H2,1H3,(H,33,38)(H,36,37)(H2,31,32,34). The Morgan fingerprint density at radius 1 is 1.15 bits per heavy atom. The number of nitrogens with zero attached hydrogens (tertiary/aromatic N) is 2. The van der Waals surface area contributed by atoms with E-state index in [2.05, 4.69) is 20.9 Å². The number of aliphatic carboxylic acids is 1. The van der Waals surface area contributed by atoms with Crippen molar-refractivity contribution in [1.29, 1.82) is 0 Å². The number of carboxylic acid groups (broad SMARTS) is 1. The van der Waals surface area contributed by atoms with Gasteiger partial charge in [0.25, 0.3) is 11.8 Å². The number of ether oxygens (including phenoxy) is 1. The van der Waals surface area contributed by atoms with Crippen LogP contribution in [0.1, 0.15) is 44.3 Å². The fourth-order valence-corrected chi connectivity index (χ4v) is 4.73. The largest absolute Gasteiger partial charge is 0.497 e. The molecule has 0 aliphatic carbocycles. The predicted octanol–water partition coefficient (Wildman–Crippen LogP) is 3.83. The SMILES string of the molecule is COc1ccc(C(CC(=O)O)N2Cc3ccc(NC(=O)c4cccc(NC5=NCC(F)CN5)c4)cc3C2=O)cc1. The van der Waals surface area contributed by atoms with E-state index >= 15 is 0 Å². The number of alkyl halides is 1. The highest BCUT2D eigenvalue weighted by Gasteiger charge is 2.35. The van der Waals surface area contributed by atoms with Crippen molar-refractivity contribution < 1.29 is 28.6 Å². The minimum Gasteiger partial charge on any atom is -0.497 e. The molecule has 0 fully saturated rings. The van der Waals surface area contributed by atoms with Crippen molar-refractivity contribution in [2.75, 3.05) is 30.8 Å². The molecule has 0 saturated heterocycles. The third-order valence-electron chi connectivity index (χ3n) is 6.77. The molecule has 3 aromatic carbocycles. The second-order valence-corrected chi connectivity index (χ2v) is 9.52. The number of aliphatic imine (C=N–C) groups is 1. The third kappa shape index (κ3) is 5.88. The first-order valence-corrected chi connectivity index (χ1v) is 12.7. The van der Waals surface area contributed by atoms with Crippen LogP contribution in [0.2, 0.25) is 0 Å². The number of guanidine groups is 1. The Morgan fingerprint density at radius 3 is 2.65 bits per heavy atom. The molecule has 206 valence electrons. The molecule has 2 atom stereocenters. The number of nitrogens with one attached hydrogen (secondary N) is 3. The maximum absolute atomic E-state index is 13.4. The van der Waals surface area contributed by atoms with E-state index in [0.29, 0.717) is 39.8 Å². The zero-order valence-corrected chi connectivity index (χ0v) is 21.7. The molecule has 0 spiro atoms. The highest BCUT2D eigenvalue weighted by molar-refractivity contribution is 6.07. The van der Waals surface area contributed by atoms with E-state index < -0.39 is 18.2 Å². The second kappa shape index (κ2) is 11.4. The van der Waals surface area contributed by atoms with Gasteiger partial charge in [-0.1, -0.05) is 24.3 Å². The number of carbonyl (C=O) groups is 3.